The lowest BCUT2D eigenvalue weighted by molar-refractivity contribution is -0.384. The Balaban J connectivity index is 1.76. The Morgan fingerprint density at radius 1 is 1.25 bits per heavy atom. The monoisotopic (exact) mass is 380 g/mol. The molecular formula is C19H16N4O5. The molecule has 9 nitrogen and oxygen atoms in total. The maximum atomic E-state index is 12.0. The highest BCUT2D eigenvalue weighted by molar-refractivity contribution is 5.99. The lowest BCUT2D eigenvalue weighted by Crippen LogP contribution is -2.18. The summed E-state index contributed by atoms with van der Waals surface area (Å²) >= 11 is 0. The summed E-state index contributed by atoms with van der Waals surface area (Å²) < 4.78 is 10.6. The van der Waals surface area contributed by atoms with Crippen molar-refractivity contribution in [1.29, 1.82) is 0 Å². The Bertz CT molecular complexity index is 1060. The molecule has 0 bridgehead atoms. The van der Waals surface area contributed by atoms with Crippen LogP contribution in [0.4, 0.5) is 11.4 Å². The van der Waals surface area contributed by atoms with Gasteiger partial charge in [0.25, 0.3) is 11.6 Å². The van der Waals surface area contributed by atoms with Crippen molar-refractivity contribution >= 4 is 23.5 Å². The zero-order chi connectivity index (χ0) is 20.1. The van der Waals surface area contributed by atoms with Crippen molar-refractivity contribution in [1.82, 2.24) is 5.43 Å². The molecule has 0 aliphatic carbocycles. The second-order valence-corrected chi connectivity index (χ2v) is 5.63. The average molecular weight is 380 g/mol. The van der Waals surface area contributed by atoms with Crippen molar-refractivity contribution in [2.24, 2.45) is 5.10 Å². The SMILES string of the molecule is COc1ccc(-c2ccc(/C=N/NC(=O)c3ccccc3N)o2)c([N+](=O)[O-])c1. The number of nitrogens with zero attached hydrogens (tertiary/aromatic N) is 2. The summed E-state index contributed by atoms with van der Waals surface area (Å²) in [6, 6.07) is 14.2. The molecule has 9 heteroatoms. The van der Waals surface area contributed by atoms with Crippen LogP contribution >= 0.6 is 0 Å². The molecule has 0 saturated heterocycles. The number of nitrogens with one attached hydrogen (secondary N) is 1. The molecule has 1 aromatic heterocycles. The Hall–Kier alpha value is -4.14. The second-order valence-electron chi connectivity index (χ2n) is 5.63. The predicted molar refractivity (Wildman–Crippen MR) is 103 cm³/mol. The molecule has 3 rings (SSSR count). The van der Waals surface area contributed by atoms with Gasteiger partial charge in [-0.15, -0.1) is 0 Å². The van der Waals surface area contributed by atoms with Crippen LogP contribution in [-0.4, -0.2) is 24.2 Å². The van der Waals surface area contributed by atoms with E-state index in [0.717, 1.165) is 0 Å². The summed E-state index contributed by atoms with van der Waals surface area (Å²) in [5, 5.41) is 15.1. The van der Waals surface area contributed by atoms with Gasteiger partial charge in [0.05, 0.1) is 35.4 Å². The van der Waals surface area contributed by atoms with Crippen molar-refractivity contribution in [3.63, 3.8) is 0 Å². The highest BCUT2D eigenvalue weighted by Gasteiger charge is 2.19. The number of carbonyl (C=O) groups excluding carboxylic acids is 1. The number of para-hydroxylation sites is 1. The number of nitrogen functional groups attached to an aromatic ring is 1. The summed E-state index contributed by atoms with van der Waals surface area (Å²) in [6.07, 6.45) is 1.29. The van der Waals surface area contributed by atoms with E-state index in [-0.39, 0.29) is 11.4 Å². The average Bonchev–Trinajstić information content (AvgIpc) is 3.16. The molecular weight excluding hydrogens is 364 g/mol. The van der Waals surface area contributed by atoms with Crippen LogP contribution in [-0.2, 0) is 0 Å². The number of benzene rings is 2. The molecule has 0 radical (unpaired) electrons. The van der Waals surface area contributed by atoms with Crippen LogP contribution in [0.3, 0.4) is 0 Å². The van der Waals surface area contributed by atoms with E-state index in [1.807, 2.05) is 0 Å². The van der Waals surface area contributed by atoms with Gasteiger partial charge >= 0.3 is 0 Å². The van der Waals surface area contributed by atoms with Gasteiger partial charge in [0, 0.05) is 5.69 Å². The zero-order valence-electron chi connectivity index (χ0n) is 14.8. The van der Waals surface area contributed by atoms with Crippen molar-refractivity contribution < 1.29 is 18.9 Å². The summed E-state index contributed by atoms with van der Waals surface area (Å²) in [4.78, 5) is 22.8. The number of anilines is 1. The molecule has 0 aliphatic heterocycles. The first-order valence-corrected chi connectivity index (χ1v) is 8.10. The standard InChI is InChI=1S/C19H16N4O5/c1-27-12-6-8-15(17(10-12)23(25)26)18-9-7-13(28-18)11-21-22-19(24)14-4-2-3-5-16(14)20/h2-11H,20H2,1H3,(H,22,24)/b21-11+. The van der Waals surface area contributed by atoms with Gasteiger partial charge in [-0.1, -0.05) is 12.1 Å². The molecule has 0 spiro atoms. The Labute approximate surface area is 159 Å². The van der Waals surface area contributed by atoms with Crippen molar-refractivity contribution in [3.05, 3.63) is 76.0 Å². The van der Waals surface area contributed by atoms with Crippen LogP contribution in [0.15, 0.2) is 64.1 Å². The van der Waals surface area contributed by atoms with Gasteiger partial charge in [-0.25, -0.2) is 5.43 Å². The topological polar surface area (TPSA) is 133 Å². The van der Waals surface area contributed by atoms with Crippen LogP contribution in [0.1, 0.15) is 16.1 Å². The van der Waals surface area contributed by atoms with Crippen LogP contribution in [0.2, 0.25) is 0 Å². The number of amides is 1. The van der Waals surface area contributed by atoms with Crippen LogP contribution in [0.25, 0.3) is 11.3 Å². The number of hydrogen-bond acceptors (Lipinski definition) is 7. The Morgan fingerprint density at radius 2 is 2.04 bits per heavy atom. The van der Waals surface area contributed by atoms with Gasteiger partial charge < -0.3 is 14.9 Å². The molecule has 0 unspecified atom stereocenters. The van der Waals surface area contributed by atoms with E-state index >= 15 is 0 Å². The number of nitro groups is 1. The minimum Gasteiger partial charge on any atom is -0.497 e. The minimum absolute atomic E-state index is 0.148. The fraction of sp³-hybridized carbons (Fsp3) is 0.0526. The van der Waals surface area contributed by atoms with Crippen molar-refractivity contribution in [3.8, 4) is 17.1 Å². The molecule has 0 saturated carbocycles. The highest BCUT2D eigenvalue weighted by Crippen LogP contribution is 2.33. The molecule has 3 N–H and O–H groups in total. The fourth-order valence-corrected chi connectivity index (χ4v) is 2.48. The first-order chi connectivity index (χ1) is 13.5. The van der Waals surface area contributed by atoms with Gasteiger partial charge in [0.2, 0.25) is 0 Å². The third-order valence-electron chi connectivity index (χ3n) is 3.86. The largest absolute Gasteiger partial charge is 0.497 e. The molecule has 1 heterocycles. The molecule has 3 aromatic rings. The maximum Gasteiger partial charge on any atom is 0.284 e. The molecule has 142 valence electrons. The van der Waals surface area contributed by atoms with Crippen LogP contribution in [0.5, 0.6) is 5.75 Å². The molecule has 0 atom stereocenters. The highest BCUT2D eigenvalue weighted by atomic mass is 16.6. The number of hydrazone groups is 1. The van der Waals surface area contributed by atoms with E-state index in [1.165, 1.54) is 25.5 Å². The number of methoxy groups -OCH3 is 1. The fourth-order valence-electron chi connectivity index (χ4n) is 2.48. The Morgan fingerprint density at radius 3 is 2.75 bits per heavy atom. The van der Waals surface area contributed by atoms with E-state index in [9.17, 15) is 14.9 Å². The van der Waals surface area contributed by atoms with E-state index in [4.69, 9.17) is 14.9 Å². The summed E-state index contributed by atoms with van der Waals surface area (Å²) in [5.74, 6) is 0.495. The summed E-state index contributed by atoms with van der Waals surface area (Å²) in [5.41, 5.74) is 8.87. The number of furan rings is 1. The van der Waals surface area contributed by atoms with Gasteiger partial charge in [0.15, 0.2) is 0 Å². The quantitative estimate of drug-likeness (QED) is 0.292. The van der Waals surface area contributed by atoms with E-state index in [0.29, 0.717) is 28.3 Å². The minimum atomic E-state index is -0.515. The lowest BCUT2D eigenvalue weighted by Gasteiger charge is -2.03. The van der Waals surface area contributed by atoms with Gasteiger partial charge in [-0.05, 0) is 36.4 Å². The smallest absolute Gasteiger partial charge is 0.284 e. The van der Waals surface area contributed by atoms with Crippen LogP contribution in [0, 0.1) is 10.1 Å². The predicted octanol–water partition coefficient (Wildman–Crippen LogP) is 3.21. The number of ether oxygens (including phenoxy) is 1. The summed E-state index contributed by atoms with van der Waals surface area (Å²) in [7, 11) is 1.43. The Kier molecular flexibility index (Phi) is 5.35. The second kappa shape index (κ2) is 8.04. The molecule has 0 aliphatic rings. The van der Waals surface area contributed by atoms with E-state index < -0.39 is 10.8 Å². The van der Waals surface area contributed by atoms with Gasteiger partial charge in [0.1, 0.15) is 17.3 Å². The molecule has 2 aromatic carbocycles. The number of rotatable bonds is 6. The van der Waals surface area contributed by atoms with Crippen LogP contribution < -0.4 is 15.9 Å². The van der Waals surface area contributed by atoms with Gasteiger partial charge in [-0.3, -0.25) is 14.9 Å². The summed E-state index contributed by atoms with van der Waals surface area (Å²) in [6.45, 7) is 0. The zero-order valence-corrected chi connectivity index (χ0v) is 14.8. The number of hydrogen-bond donors (Lipinski definition) is 2. The normalized spacial score (nSPS) is 10.8. The van der Waals surface area contributed by atoms with Gasteiger partial charge in [-0.2, -0.15) is 5.10 Å². The van der Waals surface area contributed by atoms with Crippen molar-refractivity contribution in [2.75, 3.05) is 12.8 Å². The van der Waals surface area contributed by atoms with Crippen molar-refractivity contribution in [2.45, 2.75) is 0 Å². The number of nitro benzene ring substituents is 1. The third kappa shape index (κ3) is 3.98. The third-order valence-corrected chi connectivity index (χ3v) is 3.86. The molecule has 0 fully saturated rings. The number of carbonyl (C=O) groups is 1. The first-order valence-electron chi connectivity index (χ1n) is 8.10. The first kappa shape index (κ1) is 18.6. The number of nitrogens with two attached hydrogens (primary N) is 1. The van der Waals surface area contributed by atoms with E-state index in [2.05, 4.69) is 10.5 Å². The lowest BCUT2D eigenvalue weighted by atomic mass is 10.1. The molecule has 28 heavy (non-hydrogen) atoms. The molecule has 1 amide bonds. The van der Waals surface area contributed by atoms with E-state index in [1.54, 1.807) is 42.5 Å². The maximum absolute atomic E-state index is 12.0.